The number of aromatic hydroxyl groups is 1. The third kappa shape index (κ3) is 5.53. The zero-order valence-electron chi connectivity index (χ0n) is 14.4. The molecule has 0 saturated carbocycles. The fourth-order valence-corrected chi connectivity index (χ4v) is 2.20. The highest BCUT2D eigenvalue weighted by molar-refractivity contribution is 5.86. The SMILES string of the molecule is CCCc1ccc(OCC(=O)N/N=C/c2cccc(OC)c2O)cc1. The molecule has 1 amide bonds. The largest absolute Gasteiger partial charge is 0.504 e. The molecule has 0 radical (unpaired) electrons. The number of nitrogens with one attached hydrogen (secondary N) is 1. The first-order valence-electron chi connectivity index (χ1n) is 8.03. The summed E-state index contributed by atoms with van der Waals surface area (Å²) >= 11 is 0. The molecule has 0 saturated heterocycles. The van der Waals surface area contributed by atoms with E-state index in [2.05, 4.69) is 17.5 Å². The van der Waals surface area contributed by atoms with Crippen LogP contribution in [0.1, 0.15) is 24.5 Å². The second-order valence-corrected chi connectivity index (χ2v) is 5.37. The van der Waals surface area contributed by atoms with Crippen molar-refractivity contribution in [3.63, 3.8) is 0 Å². The second-order valence-electron chi connectivity index (χ2n) is 5.37. The molecule has 0 atom stereocenters. The van der Waals surface area contributed by atoms with Crippen LogP contribution < -0.4 is 14.9 Å². The molecule has 2 N–H and O–H groups in total. The van der Waals surface area contributed by atoms with Gasteiger partial charge in [-0.25, -0.2) is 5.43 Å². The zero-order chi connectivity index (χ0) is 18.1. The van der Waals surface area contributed by atoms with E-state index in [1.165, 1.54) is 18.9 Å². The number of para-hydroxylation sites is 1. The summed E-state index contributed by atoms with van der Waals surface area (Å²) in [5.41, 5.74) is 4.03. The van der Waals surface area contributed by atoms with E-state index in [0.717, 1.165) is 12.8 Å². The summed E-state index contributed by atoms with van der Waals surface area (Å²) in [7, 11) is 1.46. The van der Waals surface area contributed by atoms with E-state index < -0.39 is 5.91 Å². The molecule has 0 aromatic heterocycles. The maximum atomic E-state index is 11.7. The smallest absolute Gasteiger partial charge is 0.277 e. The van der Waals surface area contributed by atoms with Crippen LogP contribution in [0.2, 0.25) is 0 Å². The number of aryl methyl sites for hydroxylation is 1. The average molecular weight is 342 g/mol. The van der Waals surface area contributed by atoms with E-state index in [9.17, 15) is 9.90 Å². The summed E-state index contributed by atoms with van der Waals surface area (Å²) in [6.07, 6.45) is 3.45. The van der Waals surface area contributed by atoms with E-state index in [-0.39, 0.29) is 12.4 Å². The molecular weight excluding hydrogens is 320 g/mol. The van der Waals surface area contributed by atoms with Crippen LogP contribution in [-0.4, -0.2) is 30.9 Å². The number of carbonyl (C=O) groups excluding carboxylic acids is 1. The van der Waals surface area contributed by atoms with Gasteiger partial charge < -0.3 is 14.6 Å². The number of methoxy groups -OCH3 is 1. The van der Waals surface area contributed by atoms with E-state index in [4.69, 9.17) is 9.47 Å². The van der Waals surface area contributed by atoms with Gasteiger partial charge >= 0.3 is 0 Å². The molecule has 0 aliphatic rings. The normalized spacial score (nSPS) is 10.6. The molecule has 0 fully saturated rings. The Morgan fingerprint density at radius 2 is 2.00 bits per heavy atom. The molecule has 25 heavy (non-hydrogen) atoms. The first-order valence-corrected chi connectivity index (χ1v) is 8.03. The van der Waals surface area contributed by atoms with Crippen molar-refractivity contribution in [1.29, 1.82) is 0 Å². The van der Waals surface area contributed by atoms with E-state index in [1.807, 2.05) is 24.3 Å². The lowest BCUT2D eigenvalue weighted by atomic mass is 10.1. The fraction of sp³-hybridized carbons (Fsp3) is 0.263. The Kier molecular flexibility index (Phi) is 6.83. The Morgan fingerprint density at radius 3 is 2.68 bits per heavy atom. The predicted molar refractivity (Wildman–Crippen MR) is 96.3 cm³/mol. The van der Waals surface area contributed by atoms with Crippen molar-refractivity contribution in [2.24, 2.45) is 5.10 Å². The minimum absolute atomic E-state index is 0.0357. The van der Waals surface area contributed by atoms with Crippen LogP contribution in [0.15, 0.2) is 47.6 Å². The second kappa shape index (κ2) is 9.32. The number of carbonyl (C=O) groups is 1. The highest BCUT2D eigenvalue weighted by atomic mass is 16.5. The zero-order valence-corrected chi connectivity index (χ0v) is 14.4. The number of ether oxygens (including phenoxy) is 2. The molecule has 6 nitrogen and oxygen atoms in total. The minimum atomic E-state index is -0.392. The van der Waals surface area contributed by atoms with Gasteiger partial charge in [-0.3, -0.25) is 4.79 Å². The fourth-order valence-electron chi connectivity index (χ4n) is 2.20. The van der Waals surface area contributed by atoms with Crippen LogP contribution in [0.3, 0.4) is 0 Å². The molecule has 2 rings (SSSR count). The van der Waals surface area contributed by atoms with Crippen molar-refractivity contribution in [3.8, 4) is 17.2 Å². The Balaban J connectivity index is 1.82. The van der Waals surface area contributed by atoms with Crippen LogP contribution in [0.25, 0.3) is 0 Å². The van der Waals surface area contributed by atoms with Crippen molar-refractivity contribution in [3.05, 3.63) is 53.6 Å². The number of benzene rings is 2. The molecule has 2 aromatic rings. The number of hydrazone groups is 1. The van der Waals surface area contributed by atoms with Crippen LogP contribution >= 0.6 is 0 Å². The van der Waals surface area contributed by atoms with Gasteiger partial charge in [0, 0.05) is 5.56 Å². The summed E-state index contributed by atoms with van der Waals surface area (Å²) in [6.45, 7) is 1.98. The lowest BCUT2D eigenvalue weighted by molar-refractivity contribution is -0.123. The summed E-state index contributed by atoms with van der Waals surface area (Å²) in [5.74, 6) is 0.539. The van der Waals surface area contributed by atoms with Gasteiger partial charge in [0.2, 0.25) is 0 Å². The molecule has 132 valence electrons. The molecule has 0 aliphatic carbocycles. The number of phenols is 1. The lowest BCUT2D eigenvalue weighted by Gasteiger charge is -2.06. The van der Waals surface area contributed by atoms with E-state index in [0.29, 0.717) is 17.1 Å². The number of hydrogen-bond acceptors (Lipinski definition) is 5. The van der Waals surface area contributed by atoms with Gasteiger partial charge in [-0.1, -0.05) is 31.5 Å². The Morgan fingerprint density at radius 1 is 1.24 bits per heavy atom. The van der Waals surface area contributed by atoms with Gasteiger partial charge in [-0.05, 0) is 36.2 Å². The third-order valence-electron chi connectivity index (χ3n) is 3.47. The van der Waals surface area contributed by atoms with Gasteiger partial charge in [0.15, 0.2) is 18.1 Å². The number of phenolic OH excluding ortho intramolecular Hbond substituents is 1. The third-order valence-corrected chi connectivity index (χ3v) is 3.47. The van der Waals surface area contributed by atoms with Crippen LogP contribution in [0.5, 0.6) is 17.2 Å². The first-order chi connectivity index (χ1) is 12.1. The first kappa shape index (κ1) is 18.3. The van der Waals surface area contributed by atoms with Crippen LogP contribution in [0, 0.1) is 0 Å². The van der Waals surface area contributed by atoms with Crippen LogP contribution in [-0.2, 0) is 11.2 Å². The van der Waals surface area contributed by atoms with Crippen LogP contribution in [0.4, 0.5) is 0 Å². The van der Waals surface area contributed by atoms with Gasteiger partial charge in [-0.15, -0.1) is 0 Å². The van der Waals surface area contributed by atoms with Crippen molar-refractivity contribution in [1.82, 2.24) is 5.43 Å². The molecule has 0 heterocycles. The molecular formula is C19H22N2O4. The van der Waals surface area contributed by atoms with Crippen molar-refractivity contribution in [2.45, 2.75) is 19.8 Å². The lowest BCUT2D eigenvalue weighted by Crippen LogP contribution is -2.24. The van der Waals surface area contributed by atoms with Gasteiger partial charge in [0.25, 0.3) is 5.91 Å². The Bertz CT molecular complexity index is 727. The van der Waals surface area contributed by atoms with Gasteiger partial charge in [-0.2, -0.15) is 5.10 Å². The number of amides is 1. The van der Waals surface area contributed by atoms with Gasteiger partial charge in [0.05, 0.1) is 13.3 Å². The predicted octanol–water partition coefficient (Wildman–Crippen LogP) is 2.88. The molecule has 0 aliphatic heterocycles. The van der Waals surface area contributed by atoms with E-state index in [1.54, 1.807) is 18.2 Å². The molecule has 6 heteroatoms. The minimum Gasteiger partial charge on any atom is -0.504 e. The maximum Gasteiger partial charge on any atom is 0.277 e. The van der Waals surface area contributed by atoms with Crippen molar-refractivity contribution in [2.75, 3.05) is 13.7 Å². The average Bonchev–Trinajstić information content (AvgIpc) is 2.63. The maximum absolute atomic E-state index is 11.7. The van der Waals surface area contributed by atoms with Crippen molar-refractivity contribution < 1.29 is 19.4 Å². The summed E-state index contributed by atoms with van der Waals surface area (Å²) in [6, 6.07) is 12.7. The number of hydrogen-bond donors (Lipinski definition) is 2. The summed E-state index contributed by atoms with van der Waals surface area (Å²) in [5, 5.41) is 13.7. The van der Waals surface area contributed by atoms with Crippen molar-refractivity contribution >= 4 is 12.1 Å². The highest BCUT2D eigenvalue weighted by Crippen LogP contribution is 2.27. The monoisotopic (exact) mass is 342 g/mol. The molecule has 0 spiro atoms. The molecule has 0 bridgehead atoms. The number of nitrogens with zero attached hydrogens (tertiary/aromatic N) is 1. The summed E-state index contributed by atoms with van der Waals surface area (Å²) in [4.78, 5) is 11.7. The Labute approximate surface area is 147 Å². The van der Waals surface area contributed by atoms with E-state index >= 15 is 0 Å². The quantitative estimate of drug-likeness (QED) is 0.571. The van der Waals surface area contributed by atoms with Gasteiger partial charge in [0.1, 0.15) is 5.75 Å². The molecule has 0 unspecified atom stereocenters. The highest BCUT2D eigenvalue weighted by Gasteiger charge is 2.05. The topological polar surface area (TPSA) is 80.2 Å². The molecule has 2 aromatic carbocycles. The standard InChI is InChI=1S/C19H22N2O4/c1-3-5-14-8-10-16(11-9-14)25-13-18(22)21-20-12-15-6-4-7-17(24-2)19(15)23/h4,6-12,23H,3,5,13H2,1-2H3,(H,21,22)/b20-12+. The number of rotatable bonds is 8. The summed E-state index contributed by atoms with van der Waals surface area (Å²) < 4.78 is 10.4. The Hall–Kier alpha value is -3.02.